The van der Waals surface area contributed by atoms with Crippen molar-refractivity contribution in [2.24, 2.45) is 100 Å². The molecule has 8 saturated carbocycles. The molecule has 10 rings (SSSR count). The van der Waals surface area contributed by atoms with E-state index in [1.54, 1.807) is 0 Å². The van der Waals surface area contributed by atoms with Crippen molar-refractivity contribution in [3.05, 3.63) is 23.3 Å². The summed E-state index contributed by atoms with van der Waals surface area (Å²) < 4.78 is 11.8. The fourth-order valence-corrected chi connectivity index (χ4v) is 22.0. The van der Waals surface area contributed by atoms with Crippen molar-refractivity contribution in [2.45, 2.75) is 250 Å². The van der Waals surface area contributed by atoms with Crippen LogP contribution in [0.3, 0.4) is 0 Å². The van der Waals surface area contributed by atoms with Crippen molar-refractivity contribution in [3.8, 4) is 0 Å². The molecule has 0 heterocycles. The topological polar surface area (TPSA) is 236 Å². The summed E-state index contributed by atoms with van der Waals surface area (Å²) in [6.45, 7) is 31.0. The molecule has 0 aromatic carbocycles. The highest BCUT2D eigenvalue weighted by Crippen LogP contribution is 2.77. The zero-order valence-corrected chi connectivity index (χ0v) is 52.2. The highest BCUT2D eigenvalue weighted by molar-refractivity contribution is 5.96. The Bertz CT molecular complexity index is 2590. The van der Waals surface area contributed by atoms with E-state index in [1.807, 2.05) is 26.0 Å². The van der Waals surface area contributed by atoms with Crippen molar-refractivity contribution in [2.75, 3.05) is 0 Å². The summed E-state index contributed by atoms with van der Waals surface area (Å²) in [5.41, 5.74) is -1.11. The van der Waals surface area contributed by atoms with Crippen LogP contribution in [-0.4, -0.2) is 80.0 Å². The molecule has 0 radical (unpaired) electrons. The Morgan fingerprint density at radius 1 is 0.439 bits per heavy atom. The van der Waals surface area contributed by atoms with Gasteiger partial charge in [0.15, 0.2) is 11.6 Å². The van der Waals surface area contributed by atoms with E-state index in [9.17, 15) is 48.6 Å². The summed E-state index contributed by atoms with van der Waals surface area (Å²) in [7, 11) is 0. The van der Waals surface area contributed by atoms with Gasteiger partial charge in [-0.1, -0.05) is 94.2 Å². The highest BCUT2D eigenvalue weighted by atomic mass is 16.5. The van der Waals surface area contributed by atoms with E-state index in [-0.39, 0.29) is 139 Å². The molecule has 4 N–H and O–H groups in total. The molecule has 0 spiro atoms. The molecule has 0 amide bonds. The first kappa shape index (κ1) is 62.2. The smallest absolute Gasteiger partial charge is 0.309 e. The summed E-state index contributed by atoms with van der Waals surface area (Å²) >= 11 is 0. The van der Waals surface area contributed by atoms with Gasteiger partial charge in [0.25, 0.3) is 0 Å². The fourth-order valence-electron chi connectivity index (χ4n) is 22.0. The zero-order chi connectivity index (χ0) is 60.8. The van der Waals surface area contributed by atoms with Gasteiger partial charge in [-0.05, 0) is 209 Å². The summed E-state index contributed by atoms with van der Waals surface area (Å²) in [5.74, 6) is -3.74. The molecule has 0 saturated heterocycles. The summed E-state index contributed by atoms with van der Waals surface area (Å²) in [6.07, 6.45) is 17.6. The van der Waals surface area contributed by atoms with Crippen molar-refractivity contribution < 1.29 is 68.3 Å². The summed E-state index contributed by atoms with van der Waals surface area (Å²) in [4.78, 5) is 101. The van der Waals surface area contributed by atoms with Crippen LogP contribution in [0.25, 0.3) is 0 Å². The maximum atomic E-state index is 14.5. The maximum absolute atomic E-state index is 14.5. The molecule has 10 aliphatic rings. The second-order valence-electron chi connectivity index (χ2n) is 32.6. The van der Waals surface area contributed by atoms with E-state index in [4.69, 9.17) is 19.7 Å². The molecule has 0 aromatic rings. The van der Waals surface area contributed by atoms with Crippen LogP contribution in [0.2, 0.25) is 0 Å². The summed E-state index contributed by atoms with van der Waals surface area (Å²) in [5, 5.41) is 38.2. The molecule has 0 aliphatic heterocycles. The van der Waals surface area contributed by atoms with Crippen molar-refractivity contribution >= 4 is 47.4 Å². The molecule has 14 heteroatoms. The molecule has 82 heavy (non-hydrogen) atoms. The number of fused-ring (bicyclic) bond motifs is 14. The van der Waals surface area contributed by atoms with Crippen LogP contribution in [0.15, 0.2) is 23.3 Å². The normalized spacial score (nSPS) is 46.6. The Hall–Kier alpha value is -4.36. The number of hydrogen-bond acceptors (Lipinski definition) is 10. The number of esters is 2. The van der Waals surface area contributed by atoms with Gasteiger partial charge in [0, 0.05) is 22.7 Å². The lowest BCUT2D eigenvalue weighted by molar-refractivity contribution is -0.211. The third-order valence-electron chi connectivity index (χ3n) is 27.7. The molecule has 0 aromatic heterocycles. The Kier molecular flexibility index (Phi) is 15.3. The van der Waals surface area contributed by atoms with Gasteiger partial charge in [0.05, 0.1) is 36.5 Å². The average Bonchev–Trinajstić information content (AvgIpc) is 3.57. The van der Waals surface area contributed by atoms with Crippen LogP contribution in [0, 0.1) is 100 Å². The predicted molar refractivity (Wildman–Crippen MR) is 308 cm³/mol. The van der Waals surface area contributed by atoms with E-state index in [0.29, 0.717) is 38.5 Å². The summed E-state index contributed by atoms with van der Waals surface area (Å²) in [6, 6.07) is 0. The first-order valence-corrected chi connectivity index (χ1v) is 31.5. The van der Waals surface area contributed by atoms with Crippen molar-refractivity contribution in [1.82, 2.24) is 0 Å². The van der Waals surface area contributed by atoms with Crippen LogP contribution < -0.4 is 0 Å². The number of allylic oxidation sites excluding steroid dienone is 4. The second-order valence-corrected chi connectivity index (χ2v) is 32.6. The van der Waals surface area contributed by atoms with Gasteiger partial charge in [-0.2, -0.15) is 0 Å². The predicted octanol–water partition coefficient (Wildman–Crippen LogP) is 13.7. The van der Waals surface area contributed by atoms with Gasteiger partial charge < -0.3 is 29.9 Å². The van der Waals surface area contributed by atoms with E-state index in [1.165, 1.54) is 11.1 Å². The number of ether oxygens (including phenoxy) is 2. The quantitative estimate of drug-likeness (QED) is 0.149. The first-order valence-electron chi connectivity index (χ1n) is 31.5. The number of rotatable bonds is 10. The molecular formula is C68H100O14. The van der Waals surface area contributed by atoms with Gasteiger partial charge >= 0.3 is 35.8 Å². The molecular weight excluding hydrogens is 1040 g/mol. The van der Waals surface area contributed by atoms with Crippen molar-refractivity contribution in [1.29, 1.82) is 0 Å². The number of carboxylic acid groups (broad SMARTS) is 4. The minimum Gasteiger partial charge on any atom is -0.481 e. The number of aliphatic carboxylic acids is 4. The molecule has 10 aliphatic carbocycles. The van der Waals surface area contributed by atoms with Crippen LogP contribution in [0.1, 0.15) is 238 Å². The van der Waals surface area contributed by atoms with Gasteiger partial charge in [-0.15, -0.1) is 0 Å². The lowest BCUT2D eigenvalue weighted by Crippen LogP contribution is -2.66. The Morgan fingerprint density at radius 2 is 0.768 bits per heavy atom. The number of hydrogen-bond donors (Lipinski definition) is 4. The minimum absolute atomic E-state index is 0.0233. The molecule has 8 fully saturated rings. The Labute approximate surface area is 487 Å². The van der Waals surface area contributed by atoms with Crippen LogP contribution in [0.4, 0.5) is 0 Å². The number of carbonyl (C=O) groups is 8. The van der Waals surface area contributed by atoms with Crippen LogP contribution in [0.5, 0.6) is 0 Å². The van der Waals surface area contributed by atoms with Crippen LogP contribution >= 0.6 is 0 Å². The van der Waals surface area contributed by atoms with E-state index >= 15 is 0 Å². The Balaban J connectivity index is 0.000000198. The molecule has 0 unspecified atom stereocenters. The zero-order valence-electron chi connectivity index (χ0n) is 52.2. The minimum atomic E-state index is -1.01. The van der Waals surface area contributed by atoms with Gasteiger partial charge in [0.2, 0.25) is 0 Å². The number of carboxylic acids is 4. The van der Waals surface area contributed by atoms with Crippen molar-refractivity contribution in [3.63, 3.8) is 0 Å². The molecule has 456 valence electrons. The maximum Gasteiger partial charge on any atom is 0.309 e. The SMILES string of the molecule is CC1(C)[C@@H](OC(=O)CCC(=O)O)CC[C@]2(C)[C@H]3C(=O)C=C4[C@@H]5C[C@@](C)(C(=O)O)CC[C@]5(C)CC[C@@]4(C)[C@]3(C)CC[C@@H]12.CC1(C)[C@@H](OC(=O)CCC(=O)O)CC[C@]2(C)[C@H]3C(=O)C=C4[C@@H]5C[C@@](C)(C(=O)O)CC[C@]5(C)CC[C@@]4(C)[C@]3(C)CC[C@@H]12. The number of ketones is 2. The third-order valence-corrected chi connectivity index (χ3v) is 27.7. The molecule has 14 nitrogen and oxygen atoms in total. The lowest BCUT2D eigenvalue weighted by atomic mass is 9.33. The third kappa shape index (κ3) is 9.23. The molecule has 0 bridgehead atoms. The van der Waals surface area contributed by atoms with E-state index < -0.39 is 46.6 Å². The lowest BCUT2D eigenvalue weighted by Gasteiger charge is -2.70. The highest BCUT2D eigenvalue weighted by Gasteiger charge is 2.73. The first-order chi connectivity index (χ1) is 37.7. The fraction of sp³-hybridized carbons (Fsp3) is 0.824. The number of carbonyl (C=O) groups excluding carboxylic acids is 4. The second kappa shape index (κ2) is 20.1. The standard InChI is InChI=1S/2C34H50O7/c2*1-29(2)23-10-13-34(7)27(32(23,5)12-11-24(29)41-26(38)9-8-25(36)37)22(35)18-20-21-19-31(4,28(39)40)15-14-30(21,3)16-17-33(20,34)6/h2*18,21,23-24,27H,8-17,19H2,1-7H3,(H,36,37)(H,39,40)/t2*21-,23-,24-,27+,30+,31-,32-,33+,34+/m00/s1. The van der Waals surface area contributed by atoms with Crippen LogP contribution in [-0.2, 0) is 47.8 Å². The molecule has 18 atom stereocenters. The van der Waals surface area contributed by atoms with Gasteiger partial charge in [-0.25, -0.2) is 0 Å². The van der Waals surface area contributed by atoms with E-state index in [0.717, 1.165) is 77.0 Å². The average molecular weight is 1140 g/mol. The Morgan fingerprint density at radius 3 is 1.09 bits per heavy atom. The van der Waals surface area contributed by atoms with Gasteiger partial charge in [-0.3, -0.25) is 38.4 Å². The van der Waals surface area contributed by atoms with E-state index in [2.05, 4.69) is 83.1 Å². The van der Waals surface area contributed by atoms with Gasteiger partial charge in [0.1, 0.15) is 12.2 Å². The monoisotopic (exact) mass is 1140 g/mol. The largest absolute Gasteiger partial charge is 0.481 e.